The molecule has 1 atom stereocenters. The molecule has 1 rings (SSSR count). The summed E-state index contributed by atoms with van der Waals surface area (Å²) < 4.78 is 19.1. The number of rotatable bonds is 5. The van der Waals surface area contributed by atoms with Crippen molar-refractivity contribution in [1.29, 1.82) is 0 Å². The fraction of sp³-hybridized carbons (Fsp3) is 0.467. The van der Waals surface area contributed by atoms with Crippen LogP contribution in [0.25, 0.3) is 6.08 Å². The molecule has 20 heavy (non-hydrogen) atoms. The zero-order valence-electron chi connectivity index (χ0n) is 12.4. The van der Waals surface area contributed by atoms with Crippen LogP contribution in [0.5, 0.6) is 11.5 Å². The predicted octanol–water partition coefficient (Wildman–Crippen LogP) is 5.09. The Morgan fingerprint density at radius 3 is 2.30 bits per heavy atom. The Labute approximate surface area is 148 Å². The molecule has 0 aromatic heterocycles. The summed E-state index contributed by atoms with van der Waals surface area (Å²) in [7, 11) is 1.66. The molecule has 5 heteroatoms. The van der Waals surface area contributed by atoms with E-state index in [9.17, 15) is 0 Å². The highest BCUT2D eigenvalue weighted by Gasteiger charge is 2.21. The van der Waals surface area contributed by atoms with Gasteiger partial charge in [-0.1, -0.05) is 12.7 Å². The molecule has 0 fully saturated rings. The van der Waals surface area contributed by atoms with Crippen molar-refractivity contribution in [2.75, 3.05) is 7.11 Å². The minimum Gasteiger partial charge on any atom is -0.494 e. The monoisotopic (exact) mass is 502 g/mol. The van der Waals surface area contributed by atoms with Crippen LogP contribution >= 0.6 is 45.2 Å². The van der Waals surface area contributed by atoms with Gasteiger partial charge in [0.2, 0.25) is 0 Å². The third-order valence-corrected chi connectivity index (χ3v) is 4.17. The number of hydrogen-bond donors (Lipinski definition) is 0. The summed E-state index contributed by atoms with van der Waals surface area (Å²) in [5, 5.41) is 0. The van der Waals surface area contributed by atoms with Crippen LogP contribution in [0.3, 0.4) is 0 Å². The van der Waals surface area contributed by atoms with Crippen molar-refractivity contribution in [3.8, 4) is 11.5 Å². The minimum atomic E-state index is -0.355. The molecule has 0 saturated carbocycles. The van der Waals surface area contributed by atoms with Gasteiger partial charge in [-0.2, -0.15) is 0 Å². The topological polar surface area (TPSA) is 27.7 Å². The van der Waals surface area contributed by atoms with E-state index in [1.54, 1.807) is 13.2 Å². The Morgan fingerprint density at radius 2 is 1.85 bits per heavy atom. The molecular formula is C15H20I2O3. The Kier molecular flexibility index (Phi) is 6.59. The summed E-state index contributed by atoms with van der Waals surface area (Å²) in [6, 6.07) is 1.99. The lowest BCUT2D eigenvalue weighted by Gasteiger charge is -2.26. The van der Waals surface area contributed by atoms with Crippen LogP contribution in [0.15, 0.2) is 12.6 Å². The van der Waals surface area contributed by atoms with Gasteiger partial charge in [0.15, 0.2) is 6.29 Å². The van der Waals surface area contributed by atoms with Crippen LogP contribution < -0.4 is 9.47 Å². The van der Waals surface area contributed by atoms with Gasteiger partial charge in [0.1, 0.15) is 11.5 Å². The maximum atomic E-state index is 5.96. The average Bonchev–Trinajstić information content (AvgIpc) is 2.30. The number of benzene rings is 1. The van der Waals surface area contributed by atoms with Crippen molar-refractivity contribution in [1.82, 2.24) is 0 Å². The second-order valence-electron chi connectivity index (χ2n) is 5.24. The van der Waals surface area contributed by atoms with E-state index in [-0.39, 0.29) is 11.9 Å². The SMILES string of the molecule is C=Cc1cc(I)c(OC)c(I)c1OC(C)OC(C)(C)C. The van der Waals surface area contributed by atoms with Crippen LogP contribution in [0, 0.1) is 7.14 Å². The fourth-order valence-electron chi connectivity index (χ4n) is 1.75. The highest BCUT2D eigenvalue weighted by Crippen LogP contribution is 2.38. The molecule has 112 valence electrons. The summed E-state index contributed by atoms with van der Waals surface area (Å²) in [6.45, 7) is 11.7. The van der Waals surface area contributed by atoms with Gasteiger partial charge < -0.3 is 14.2 Å². The zero-order chi connectivity index (χ0) is 15.5. The van der Waals surface area contributed by atoms with Crippen molar-refractivity contribution in [3.63, 3.8) is 0 Å². The number of ether oxygens (including phenoxy) is 3. The Balaban J connectivity index is 3.13. The Morgan fingerprint density at radius 1 is 1.25 bits per heavy atom. The van der Waals surface area contributed by atoms with Crippen LogP contribution in [-0.2, 0) is 4.74 Å². The zero-order valence-corrected chi connectivity index (χ0v) is 16.7. The summed E-state index contributed by atoms with van der Waals surface area (Å²) in [6.07, 6.45) is 1.43. The van der Waals surface area contributed by atoms with E-state index < -0.39 is 0 Å². The highest BCUT2D eigenvalue weighted by atomic mass is 127. The molecule has 1 aromatic rings. The molecule has 1 unspecified atom stereocenters. The standard InChI is InChI=1S/C15H20I2O3/c1-7-10-8-11(16)14(18-6)12(17)13(10)19-9(2)20-15(3,4)5/h7-9H,1H2,2-6H3. The molecule has 0 spiro atoms. The van der Waals surface area contributed by atoms with Crippen molar-refractivity contribution in [2.45, 2.75) is 39.6 Å². The molecule has 0 aliphatic heterocycles. The second kappa shape index (κ2) is 7.31. The first-order valence-corrected chi connectivity index (χ1v) is 8.38. The highest BCUT2D eigenvalue weighted by molar-refractivity contribution is 14.1. The summed E-state index contributed by atoms with van der Waals surface area (Å²) in [5.74, 6) is 1.56. The molecule has 0 saturated heterocycles. The van der Waals surface area contributed by atoms with E-state index in [0.717, 1.165) is 24.2 Å². The normalized spacial score (nSPS) is 12.9. The van der Waals surface area contributed by atoms with Crippen molar-refractivity contribution in [3.05, 3.63) is 25.3 Å². The van der Waals surface area contributed by atoms with Crippen LogP contribution in [0.2, 0.25) is 0 Å². The summed E-state index contributed by atoms with van der Waals surface area (Å²) in [4.78, 5) is 0. The number of hydrogen-bond acceptors (Lipinski definition) is 3. The fourth-order valence-corrected chi connectivity index (χ4v) is 4.04. The predicted molar refractivity (Wildman–Crippen MR) is 99.4 cm³/mol. The molecule has 0 heterocycles. The molecule has 0 N–H and O–H groups in total. The first-order chi connectivity index (χ1) is 9.19. The van der Waals surface area contributed by atoms with E-state index in [1.807, 2.05) is 33.8 Å². The van der Waals surface area contributed by atoms with E-state index in [2.05, 4.69) is 51.8 Å². The van der Waals surface area contributed by atoms with Gasteiger partial charge in [0.25, 0.3) is 0 Å². The quantitative estimate of drug-likeness (QED) is 0.415. The maximum absolute atomic E-state index is 5.96. The third-order valence-electron chi connectivity index (χ3n) is 2.39. The number of methoxy groups -OCH3 is 1. The first-order valence-electron chi connectivity index (χ1n) is 6.22. The third kappa shape index (κ3) is 4.77. The van der Waals surface area contributed by atoms with Crippen LogP contribution in [0.4, 0.5) is 0 Å². The van der Waals surface area contributed by atoms with E-state index in [4.69, 9.17) is 14.2 Å². The average molecular weight is 502 g/mol. The molecule has 0 aliphatic carbocycles. The van der Waals surface area contributed by atoms with Crippen molar-refractivity contribution in [2.24, 2.45) is 0 Å². The molecule has 0 bridgehead atoms. The van der Waals surface area contributed by atoms with E-state index >= 15 is 0 Å². The molecular weight excluding hydrogens is 482 g/mol. The molecule has 0 aliphatic rings. The molecule has 3 nitrogen and oxygen atoms in total. The lowest BCUT2D eigenvalue weighted by molar-refractivity contribution is -0.140. The summed E-state index contributed by atoms with van der Waals surface area (Å²) in [5.41, 5.74) is 0.677. The Hall–Kier alpha value is -0.0200. The number of halogens is 2. The Bertz CT molecular complexity index is 493. The van der Waals surface area contributed by atoms with Gasteiger partial charge in [-0.05, 0) is 78.9 Å². The van der Waals surface area contributed by atoms with Crippen molar-refractivity contribution >= 4 is 51.3 Å². The minimum absolute atomic E-state index is 0.257. The van der Waals surface area contributed by atoms with Crippen molar-refractivity contribution < 1.29 is 14.2 Å². The first kappa shape index (κ1) is 18.0. The van der Waals surface area contributed by atoms with Gasteiger partial charge in [0, 0.05) is 5.56 Å². The molecule has 1 aromatic carbocycles. The van der Waals surface area contributed by atoms with Gasteiger partial charge >= 0.3 is 0 Å². The van der Waals surface area contributed by atoms with Gasteiger partial charge in [-0.25, -0.2) is 0 Å². The second-order valence-corrected chi connectivity index (χ2v) is 7.48. The van der Waals surface area contributed by atoms with Crippen LogP contribution in [0.1, 0.15) is 33.3 Å². The lowest BCUT2D eigenvalue weighted by Crippen LogP contribution is -2.29. The van der Waals surface area contributed by atoms with E-state index in [1.165, 1.54) is 0 Å². The van der Waals surface area contributed by atoms with Gasteiger partial charge in [-0.15, -0.1) is 0 Å². The molecule has 0 radical (unpaired) electrons. The largest absolute Gasteiger partial charge is 0.494 e. The van der Waals surface area contributed by atoms with Gasteiger partial charge in [-0.3, -0.25) is 0 Å². The van der Waals surface area contributed by atoms with Gasteiger partial charge in [0.05, 0.1) is 19.9 Å². The lowest BCUT2D eigenvalue weighted by atomic mass is 10.2. The van der Waals surface area contributed by atoms with Crippen LogP contribution in [-0.4, -0.2) is 19.0 Å². The smallest absolute Gasteiger partial charge is 0.197 e. The molecule has 0 amide bonds. The summed E-state index contributed by atoms with van der Waals surface area (Å²) >= 11 is 4.47. The van der Waals surface area contributed by atoms with E-state index in [0.29, 0.717) is 0 Å². The maximum Gasteiger partial charge on any atom is 0.197 e.